The van der Waals surface area contributed by atoms with Gasteiger partial charge in [-0.2, -0.15) is 0 Å². The van der Waals surface area contributed by atoms with Gasteiger partial charge in [0.05, 0.1) is 0 Å². The second kappa shape index (κ2) is 6.02. The number of hydrogen-bond donors (Lipinski definition) is 2. The van der Waals surface area contributed by atoms with Crippen LogP contribution in [0.15, 0.2) is 11.2 Å². The molecule has 0 aromatic carbocycles. The predicted octanol–water partition coefficient (Wildman–Crippen LogP) is 0.489. The van der Waals surface area contributed by atoms with Gasteiger partial charge in [-0.25, -0.2) is 18.1 Å². The second-order valence-electron chi connectivity index (χ2n) is 5.03. The van der Waals surface area contributed by atoms with E-state index in [2.05, 4.69) is 21.9 Å². The van der Waals surface area contributed by atoms with Crippen molar-refractivity contribution in [1.29, 1.82) is 0 Å². The van der Waals surface area contributed by atoms with Gasteiger partial charge in [0.25, 0.3) is 10.0 Å². The predicted molar refractivity (Wildman–Crippen MR) is 73.4 cm³/mol. The minimum Gasteiger partial charge on any atom is -0.334 e. The van der Waals surface area contributed by atoms with Gasteiger partial charge in [-0.15, -0.1) is 0 Å². The molecule has 1 aliphatic heterocycles. The summed E-state index contributed by atoms with van der Waals surface area (Å²) >= 11 is 0. The third-order valence-electron chi connectivity index (χ3n) is 3.42. The maximum Gasteiger partial charge on any atom is 0.259 e. The zero-order chi connectivity index (χ0) is 13.9. The number of imidazole rings is 1. The number of aryl methyl sites for hydroxylation is 2. The Balaban J connectivity index is 2.03. The van der Waals surface area contributed by atoms with Crippen LogP contribution in [0.25, 0.3) is 0 Å². The summed E-state index contributed by atoms with van der Waals surface area (Å²) in [4.78, 5) is 4.14. The normalized spacial score (nSPS) is 20.0. The van der Waals surface area contributed by atoms with Gasteiger partial charge in [-0.05, 0) is 38.8 Å². The molecule has 0 radical (unpaired) electrons. The van der Waals surface area contributed by atoms with Gasteiger partial charge >= 0.3 is 0 Å². The van der Waals surface area contributed by atoms with Gasteiger partial charge in [0.15, 0.2) is 5.03 Å². The lowest BCUT2D eigenvalue weighted by molar-refractivity contribution is 0.536. The Hall–Kier alpha value is -0.920. The maximum absolute atomic E-state index is 12.2. The van der Waals surface area contributed by atoms with Gasteiger partial charge in [0, 0.05) is 19.3 Å². The van der Waals surface area contributed by atoms with Crippen molar-refractivity contribution in [2.45, 2.75) is 38.3 Å². The van der Waals surface area contributed by atoms with E-state index in [9.17, 15) is 8.42 Å². The third-order valence-corrected chi connectivity index (χ3v) is 4.71. The molecule has 2 heterocycles. The quantitative estimate of drug-likeness (QED) is 0.798. The fourth-order valence-corrected chi connectivity index (χ4v) is 3.39. The van der Waals surface area contributed by atoms with Crippen molar-refractivity contribution in [3.05, 3.63) is 12.0 Å². The van der Waals surface area contributed by atoms with E-state index in [1.54, 1.807) is 6.20 Å². The van der Waals surface area contributed by atoms with E-state index in [4.69, 9.17) is 0 Å². The molecule has 0 saturated carbocycles. The van der Waals surface area contributed by atoms with E-state index in [-0.39, 0.29) is 5.03 Å². The Bertz CT molecular complexity index is 518. The number of sulfonamides is 1. The standard InChI is InChI=1S/C12H22N4O2S/c1-3-6-16-9-12(15-10(16)2)19(17,18)14-8-11-4-5-13-7-11/h9,11,13-14H,3-8H2,1-2H3. The van der Waals surface area contributed by atoms with Crippen molar-refractivity contribution >= 4 is 10.0 Å². The molecule has 108 valence electrons. The van der Waals surface area contributed by atoms with Crippen LogP contribution in [0.5, 0.6) is 0 Å². The number of aromatic nitrogens is 2. The Kier molecular flexibility index (Phi) is 4.59. The fourth-order valence-electron chi connectivity index (χ4n) is 2.27. The average Bonchev–Trinajstić information content (AvgIpc) is 2.98. The largest absolute Gasteiger partial charge is 0.334 e. The van der Waals surface area contributed by atoms with Crippen molar-refractivity contribution in [2.75, 3.05) is 19.6 Å². The summed E-state index contributed by atoms with van der Waals surface area (Å²) in [5, 5.41) is 3.35. The fraction of sp³-hybridized carbons (Fsp3) is 0.750. The van der Waals surface area contributed by atoms with Gasteiger partial charge in [0.2, 0.25) is 0 Å². The molecule has 2 rings (SSSR count). The maximum atomic E-state index is 12.2. The summed E-state index contributed by atoms with van der Waals surface area (Å²) in [6.45, 7) is 7.01. The number of nitrogens with zero attached hydrogens (tertiary/aromatic N) is 2. The lowest BCUT2D eigenvalue weighted by Gasteiger charge is -2.09. The summed E-state index contributed by atoms with van der Waals surface area (Å²) in [6.07, 6.45) is 3.59. The van der Waals surface area contributed by atoms with E-state index >= 15 is 0 Å². The Morgan fingerprint density at radius 2 is 2.37 bits per heavy atom. The van der Waals surface area contributed by atoms with Gasteiger partial charge < -0.3 is 9.88 Å². The van der Waals surface area contributed by atoms with Gasteiger partial charge in [-0.3, -0.25) is 0 Å². The molecule has 1 atom stereocenters. The molecule has 7 heteroatoms. The minimum atomic E-state index is -3.48. The van der Waals surface area contributed by atoms with Crippen molar-refractivity contribution in [2.24, 2.45) is 5.92 Å². The highest BCUT2D eigenvalue weighted by molar-refractivity contribution is 7.89. The van der Waals surface area contributed by atoms with Crippen LogP contribution in [0.2, 0.25) is 0 Å². The average molecular weight is 286 g/mol. The molecule has 1 fully saturated rings. The molecule has 0 bridgehead atoms. The first-order valence-electron chi connectivity index (χ1n) is 6.77. The van der Waals surface area contributed by atoms with E-state index in [1.165, 1.54) is 0 Å². The zero-order valence-corrected chi connectivity index (χ0v) is 12.3. The van der Waals surface area contributed by atoms with Crippen LogP contribution in [0, 0.1) is 12.8 Å². The van der Waals surface area contributed by atoms with E-state index in [0.717, 1.165) is 38.3 Å². The van der Waals surface area contributed by atoms with E-state index < -0.39 is 10.0 Å². The summed E-state index contributed by atoms with van der Waals surface area (Å²) in [7, 11) is -3.48. The van der Waals surface area contributed by atoms with Crippen molar-refractivity contribution in [3.63, 3.8) is 0 Å². The molecular weight excluding hydrogens is 264 g/mol. The van der Waals surface area contributed by atoms with Gasteiger partial charge in [-0.1, -0.05) is 6.92 Å². The van der Waals surface area contributed by atoms with E-state index in [1.807, 2.05) is 11.5 Å². The third kappa shape index (κ3) is 3.55. The van der Waals surface area contributed by atoms with Crippen LogP contribution < -0.4 is 10.0 Å². The topological polar surface area (TPSA) is 76.0 Å². The van der Waals surface area contributed by atoms with Crippen LogP contribution in [-0.2, 0) is 16.6 Å². The van der Waals surface area contributed by atoms with Crippen LogP contribution in [-0.4, -0.2) is 37.6 Å². The van der Waals surface area contributed by atoms with Crippen LogP contribution >= 0.6 is 0 Å². The minimum absolute atomic E-state index is 0.129. The number of rotatable bonds is 6. The SMILES string of the molecule is CCCn1cc(S(=O)(=O)NCC2CCNC2)nc1C. The molecule has 0 spiro atoms. The number of hydrogen-bond acceptors (Lipinski definition) is 4. The highest BCUT2D eigenvalue weighted by Gasteiger charge is 2.22. The van der Waals surface area contributed by atoms with Gasteiger partial charge in [0.1, 0.15) is 5.82 Å². The molecule has 0 aliphatic carbocycles. The molecule has 6 nitrogen and oxygen atoms in total. The zero-order valence-electron chi connectivity index (χ0n) is 11.5. The summed E-state index contributed by atoms with van der Waals surface area (Å²) in [6, 6.07) is 0. The van der Waals surface area contributed by atoms with Crippen molar-refractivity contribution in [1.82, 2.24) is 19.6 Å². The van der Waals surface area contributed by atoms with Crippen LogP contribution in [0.3, 0.4) is 0 Å². The van der Waals surface area contributed by atoms with Crippen molar-refractivity contribution in [3.8, 4) is 0 Å². The molecular formula is C12H22N4O2S. The molecule has 1 unspecified atom stereocenters. The summed E-state index contributed by atoms with van der Waals surface area (Å²) in [5.74, 6) is 1.12. The molecule has 1 aliphatic rings. The lowest BCUT2D eigenvalue weighted by atomic mass is 10.1. The Labute approximate surface area is 114 Å². The van der Waals surface area contributed by atoms with Crippen LogP contribution in [0.4, 0.5) is 0 Å². The Morgan fingerprint density at radius 3 is 3.00 bits per heavy atom. The van der Waals surface area contributed by atoms with Crippen LogP contribution in [0.1, 0.15) is 25.6 Å². The monoisotopic (exact) mass is 286 g/mol. The molecule has 2 N–H and O–H groups in total. The Morgan fingerprint density at radius 1 is 1.58 bits per heavy atom. The highest BCUT2D eigenvalue weighted by atomic mass is 32.2. The molecule has 19 heavy (non-hydrogen) atoms. The lowest BCUT2D eigenvalue weighted by Crippen LogP contribution is -2.30. The first kappa shape index (κ1) is 14.5. The molecule has 1 aromatic heterocycles. The summed E-state index contributed by atoms with van der Waals surface area (Å²) < 4.78 is 28.8. The second-order valence-corrected chi connectivity index (χ2v) is 6.74. The molecule has 1 aromatic rings. The highest BCUT2D eigenvalue weighted by Crippen LogP contribution is 2.11. The smallest absolute Gasteiger partial charge is 0.259 e. The molecule has 1 saturated heterocycles. The number of nitrogens with one attached hydrogen (secondary N) is 2. The first-order valence-corrected chi connectivity index (χ1v) is 8.25. The van der Waals surface area contributed by atoms with Crippen molar-refractivity contribution < 1.29 is 8.42 Å². The molecule has 0 amide bonds. The summed E-state index contributed by atoms with van der Waals surface area (Å²) in [5.41, 5.74) is 0. The first-order chi connectivity index (χ1) is 9.03. The van der Waals surface area contributed by atoms with E-state index in [0.29, 0.717) is 12.5 Å².